The van der Waals surface area contributed by atoms with Crippen molar-refractivity contribution < 1.29 is 27.4 Å². The molecule has 0 radical (unpaired) electrons. The van der Waals surface area contributed by atoms with Crippen LogP contribution in [0.1, 0.15) is 52.0 Å². The van der Waals surface area contributed by atoms with E-state index in [4.69, 9.17) is 14.5 Å². The highest BCUT2D eigenvalue weighted by atomic mass is 19.1. The number of nitrogens with zero attached hydrogens (tertiary/aromatic N) is 6. The zero-order chi connectivity index (χ0) is 34.0. The molecule has 2 aromatic heterocycles. The largest absolute Gasteiger partial charge is 0.461 e. The second kappa shape index (κ2) is 12.0. The van der Waals surface area contributed by atoms with E-state index in [0.717, 1.165) is 19.4 Å². The van der Waals surface area contributed by atoms with Crippen LogP contribution in [0.3, 0.4) is 0 Å². The van der Waals surface area contributed by atoms with Gasteiger partial charge >= 0.3 is 12.1 Å². The number of alkyl halides is 1. The zero-order valence-corrected chi connectivity index (χ0v) is 28.0. The second-order valence-corrected chi connectivity index (χ2v) is 14.4. The number of pyridine rings is 1. The molecule has 254 valence electrons. The maximum absolute atomic E-state index is 16.8. The predicted molar refractivity (Wildman–Crippen MR) is 178 cm³/mol. The third-order valence-electron chi connectivity index (χ3n) is 10.1. The quantitative estimate of drug-likeness (QED) is 0.222. The molecular weight excluding hydrogens is 621 g/mol. The molecule has 3 atom stereocenters. The maximum atomic E-state index is 16.8. The minimum atomic E-state index is -0.924. The first-order valence-electron chi connectivity index (χ1n) is 16.6. The number of halogens is 3. The van der Waals surface area contributed by atoms with E-state index in [1.165, 1.54) is 6.07 Å². The molecule has 0 N–H and O–H groups in total. The lowest BCUT2D eigenvalue weighted by atomic mass is 9.95. The first-order chi connectivity index (χ1) is 22.8. The molecule has 4 aromatic rings. The van der Waals surface area contributed by atoms with Crippen molar-refractivity contribution >= 4 is 33.6 Å². The Morgan fingerprint density at radius 1 is 1.08 bits per heavy atom. The minimum absolute atomic E-state index is 0.0123. The average Bonchev–Trinajstić information content (AvgIpc) is 3.76. The monoisotopic (exact) mass is 662 g/mol. The van der Waals surface area contributed by atoms with E-state index < -0.39 is 23.1 Å². The molecule has 12 heteroatoms. The number of fused-ring (bicyclic) bond motifs is 3. The van der Waals surface area contributed by atoms with Crippen LogP contribution < -0.4 is 9.64 Å². The number of hydrogen-bond acceptors (Lipinski definition) is 8. The van der Waals surface area contributed by atoms with Gasteiger partial charge in [-0.1, -0.05) is 24.3 Å². The topological polar surface area (TPSA) is 83.9 Å². The second-order valence-electron chi connectivity index (χ2n) is 14.4. The fourth-order valence-corrected chi connectivity index (χ4v) is 7.60. The van der Waals surface area contributed by atoms with Crippen molar-refractivity contribution in [3.63, 3.8) is 0 Å². The van der Waals surface area contributed by atoms with Crippen LogP contribution >= 0.6 is 0 Å². The summed E-state index contributed by atoms with van der Waals surface area (Å²) >= 11 is 0. The first kappa shape index (κ1) is 32.4. The number of aryl methyl sites for hydroxylation is 1. The Labute approximate surface area is 278 Å². The standard InChI is InChI=1S/C36H41F3N6O3/c1-21-24-8-6-9-26(25(24)10-11-28(21)38)30-29(39)31-27(17-40-30)32(43(5)23-12-15-44(19-23)34(46)48-35(2,3)4)42-33(41-31)47-20-36-13-7-14-45(36)18-22(37)16-36/h6,8-11,17,22-23H,7,12-16,18-20H2,1-5H3/t22-,23-,36+/m1/s1. The molecule has 0 spiro atoms. The highest BCUT2D eigenvalue weighted by Crippen LogP contribution is 2.41. The number of amides is 1. The fraction of sp³-hybridized carbons (Fsp3) is 0.500. The molecule has 3 aliphatic rings. The van der Waals surface area contributed by atoms with Crippen LogP contribution in [-0.4, -0.2) is 94.0 Å². The lowest BCUT2D eigenvalue weighted by Gasteiger charge is -2.31. The fourth-order valence-electron chi connectivity index (χ4n) is 7.60. The SMILES string of the molecule is Cc1c(F)ccc2c(-c3ncc4c(N(C)[C@@H]5CCN(C(=O)OC(C)(C)C)C5)nc(OC[C@@]56CCCN5C[C@H](F)C6)nc4c3F)cccc12. The summed E-state index contributed by atoms with van der Waals surface area (Å²) in [5.74, 6) is -0.584. The molecule has 1 amide bonds. The number of aromatic nitrogens is 3. The normalized spacial score (nSPS) is 22.9. The molecule has 0 aliphatic carbocycles. The lowest BCUT2D eigenvalue weighted by molar-refractivity contribution is 0.0292. The Morgan fingerprint density at radius 2 is 1.90 bits per heavy atom. The van der Waals surface area contributed by atoms with E-state index in [0.29, 0.717) is 65.6 Å². The minimum Gasteiger partial charge on any atom is -0.461 e. The van der Waals surface area contributed by atoms with Gasteiger partial charge in [0.25, 0.3) is 0 Å². The summed E-state index contributed by atoms with van der Waals surface area (Å²) in [6.07, 6.45) is 3.03. The Morgan fingerprint density at radius 3 is 2.69 bits per heavy atom. The lowest BCUT2D eigenvalue weighted by Crippen LogP contribution is -2.43. The van der Waals surface area contributed by atoms with Crippen molar-refractivity contribution in [3.8, 4) is 17.3 Å². The number of carbonyl (C=O) groups excluding carboxylic acids is 1. The molecule has 9 nitrogen and oxygen atoms in total. The number of rotatable bonds is 6. The number of likely N-dealkylation sites (tertiary alicyclic amines) is 1. The first-order valence-corrected chi connectivity index (χ1v) is 16.6. The van der Waals surface area contributed by atoms with Gasteiger partial charge in [-0.3, -0.25) is 9.88 Å². The van der Waals surface area contributed by atoms with E-state index >= 15 is 4.39 Å². The molecule has 0 saturated carbocycles. The molecule has 3 saturated heterocycles. The molecule has 48 heavy (non-hydrogen) atoms. The summed E-state index contributed by atoms with van der Waals surface area (Å²) in [6, 6.07) is 8.17. The average molecular weight is 663 g/mol. The van der Waals surface area contributed by atoms with Crippen LogP contribution in [0.2, 0.25) is 0 Å². The smallest absolute Gasteiger partial charge is 0.410 e. The summed E-state index contributed by atoms with van der Waals surface area (Å²) in [4.78, 5) is 32.5. The third-order valence-corrected chi connectivity index (χ3v) is 10.1. The Kier molecular flexibility index (Phi) is 8.12. The highest BCUT2D eigenvalue weighted by Gasteiger charge is 2.49. The Balaban J connectivity index is 1.28. The van der Waals surface area contributed by atoms with Crippen LogP contribution in [0.4, 0.5) is 23.8 Å². The Hall–Kier alpha value is -4.19. The highest BCUT2D eigenvalue weighted by molar-refractivity contribution is 6.00. The van der Waals surface area contributed by atoms with Crippen molar-refractivity contribution in [2.24, 2.45) is 0 Å². The van der Waals surface area contributed by atoms with E-state index in [-0.39, 0.29) is 41.8 Å². The number of hydrogen-bond donors (Lipinski definition) is 0. The zero-order valence-electron chi connectivity index (χ0n) is 28.0. The van der Waals surface area contributed by atoms with Gasteiger partial charge < -0.3 is 19.3 Å². The number of ether oxygens (including phenoxy) is 2. The van der Waals surface area contributed by atoms with Crippen LogP contribution in [0.15, 0.2) is 36.5 Å². The van der Waals surface area contributed by atoms with Gasteiger partial charge in [-0.05, 0) is 75.9 Å². The van der Waals surface area contributed by atoms with Gasteiger partial charge in [-0.2, -0.15) is 9.97 Å². The molecule has 3 fully saturated rings. The van der Waals surface area contributed by atoms with Gasteiger partial charge in [0.1, 0.15) is 41.2 Å². The van der Waals surface area contributed by atoms with Crippen molar-refractivity contribution in [3.05, 3.63) is 53.7 Å². The van der Waals surface area contributed by atoms with Gasteiger partial charge in [0.05, 0.1) is 10.9 Å². The van der Waals surface area contributed by atoms with E-state index in [1.807, 2.05) is 32.7 Å². The van der Waals surface area contributed by atoms with Gasteiger partial charge in [0, 0.05) is 50.9 Å². The molecule has 0 unspecified atom stereocenters. The molecular formula is C36H41F3N6O3. The summed E-state index contributed by atoms with van der Waals surface area (Å²) in [7, 11) is 1.85. The summed E-state index contributed by atoms with van der Waals surface area (Å²) in [5.41, 5.74) is 0.0177. The van der Waals surface area contributed by atoms with Crippen molar-refractivity contribution in [2.75, 3.05) is 44.7 Å². The van der Waals surface area contributed by atoms with Gasteiger partial charge in [0.2, 0.25) is 0 Å². The molecule has 3 aliphatic heterocycles. The molecule has 5 heterocycles. The molecule has 2 aromatic carbocycles. The van der Waals surface area contributed by atoms with E-state index in [9.17, 15) is 13.6 Å². The van der Waals surface area contributed by atoms with Crippen LogP contribution in [0.25, 0.3) is 32.9 Å². The van der Waals surface area contributed by atoms with E-state index in [1.54, 1.807) is 42.3 Å². The van der Waals surface area contributed by atoms with Crippen LogP contribution in [-0.2, 0) is 4.74 Å². The summed E-state index contributed by atoms with van der Waals surface area (Å²) in [6.45, 7) is 9.44. The van der Waals surface area contributed by atoms with Crippen molar-refractivity contribution in [2.45, 2.75) is 76.7 Å². The van der Waals surface area contributed by atoms with Crippen LogP contribution in [0, 0.1) is 18.6 Å². The molecule has 7 rings (SSSR count). The van der Waals surface area contributed by atoms with Crippen molar-refractivity contribution in [1.82, 2.24) is 24.8 Å². The number of benzene rings is 2. The maximum Gasteiger partial charge on any atom is 0.410 e. The number of likely N-dealkylation sites (N-methyl/N-ethyl adjacent to an activating group) is 1. The number of carbonyl (C=O) groups is 1. The third kappa shape index (κ3) is 5.77. The Bertz CT molecular complexity index is 1900. The van der Waals surface area contributed by atoms with E-state index in [2.05, 4.69) is 14.9 Å². The van der Waals surface area contributed by atoms with Gasteiger partial charge in [-0.25, -0.2) is 18.0 Å². The number of anilines is 1. The predicted octanol–water partition coefficient (Wildman–Crippen LogP) is 6.83. The van der Waals surface area contributed by atoms with Crippen molar-refractivity contribution in [1.29, 1.82) is 0 Å². The summed E-state index contributed by atoms with van der Waals surface area (Å²) < 4.78 is 57.5. The van der Waals surface area contributed by atoms with Gasteiger partial charge in [0.15, 0.2) is 5.82 Å². The van der Waals surface area contributed by atoms with Gasteiger partial charge in [-0.15, -0.1) is 0 Å². The summed E-state index contributed by atoms with van der Waals surface area (Å²) in [5, 5.41) is 1.72. The van der Waals surface area contributed by atoms with Crippen LogP contribution in [0.5, 0.6) is 6.01 Å². The molecule has 0 bridgehead atoms.